The standard InChI is InChI=1S/C24H24ClN3O4/c1-2-32-24(31)15-3-6-19(7-4-15)27-23(30)17-11-22(29)28(14-17)10-9-16-13-26-21-8-5-18(25)12-20(16)21/h3-8,12-13,17,26H,2,9-11,14H2,1H3,(H,27,30)/t17-/m1/s1. The third kappa shape index (κ3) is 4.78. The number of H-pyrrole nitrogens is 1. The van der Waals surface area contributed by atoms with Crippen molar-refractivity contribution in [3.63, 3.8) is 0 Å². The van der Waals surface area contributed by atoms with Gasteiger partial charge in [-0.15, -0.1) is 0 Å². The maximum atomic E-state index is 12.7. The highest BCUT2D eigenvalue weighted by molar-refractivity contribution is 6.31. The van der Waals surface area contributed by atoms with Gasteiger partial charge in [-0.3, -0.25) is 9.59 Å². The van der Waals surface area contributed by atoms with Gasteiger partial charge in [-0.25, -0.2) is 4.79 Å². The average molecular weight is 454 g/mol. The number of aromatic amines is 1. The van der Waals surface area contributed by atoms with E-state index in [1.54, 1.807) is 36.1 Å². The molecule has 1 aromatic heterocycles. The molecule has 2 aromatic carbocycles. The third-order valence-electron chi connectivity index (χ3n) is 5.63. The quantitative estimate of drug-likeness (QED) is 0.528. The molecule has 8 heteroatoms. The number of aromatic nitrogens is 1. The molecule has 7 nitrogen and oxygen atoms in total. The number of carbonyl (C=O) groups excluding carboxylic acids is 3. The van der Waals surface area contributed by atoms with E-state index in [1.807, 2.05) is 24.4 Å². The number of likely N-dealkylation sites (tertiary alicyclic amines) is 1. The Labute approximate surface area is 190 Å². The summed E-state index contributed by atoms with van der Waals surface area (Å²) in [5.74, 6) is -1.05. The average Bonchev–Trinajstić information content (AvgIpc) is 3.35. The second-order valence-electron chi connectivity index (χ2n) is 7.78. The predicted octanol–water partition coefficient (Wildman–Crippen LogP) is 4.03. The number of hydrogen-bond acceptors (Lipinski definition) is 4. The molecule has 0 aliphatic carbocycles. The summed E-state index contributed by atoms with van der Waals surface area (Å²) in [7, 11) is 0. The van der Waals surface area contributed by atoms with Crippen molar-refractivity contribution in [1.29, 1.82) is 0 Å². The molecule has 1 atom stereocenters. The van der Waals surface area contributed by atoms with E-state index in [9.17, 15) is 14.4 Å². The Kier molecular flexibility index (Phi) is 6.46. The summed E-state index contributed by atoms with van der Waals surface area (Å²) in [6.07, 6.45) is 2.80. The van der Waals surface area contributed by atoms with Gasteiger partial charge in [-0.05, 0) is 61.4 Å². The predicted molar refractivity (Wildman–Crippen MR) is 123 cm³/mol. The molecule has 4 rings (SSSR count). The Morgan fingerprint density at radius 2 is 2.00 bits per heavy atom. The Hall–Kier alpha value is -3.32. The number of nitrogens with zero attached hydrogens (tertiary/aromatic N) is 1. The van der Waals surface area contributed by atoms with Gasteiger partial charge in [0.25, 0.3) is 0 Å². The SMILES string of the molecule is CCOC(=O)c1ccc(NC(=O)[C@@H]2CC(=O)N(CCc3c[nH]c4ccc(Cl)cc34)C2)cc1. The highest BCUT2D eigenvalue weighted by Gasteiger charge is 2.34. The fourth-order valence-electron chi connectivity index (χ4n) is 3.93. The summed E-state index contributed by atoms with van der Waals surface area (Å²) in [4.78, 5) is 41.8. The summed E-state index contributed by atoms with van der Waals surface area (Å²) in [6.45, 7) is 2.97. The van der Waals surface area contributed by atoms with Gasteiger partial charge in [-0.1, -0.05) is 11.6 Å². The van der Waals surface area contributed by atoms with Crippen molar-refractivity contribution >= 4 is 46.0 Å². The normalized spacial score (nSPS) is 15.9. The van der Waals surface area contributed by atoms with Crippen molar-refractivity contribution in [2.75, 3.05) is 25.0 Å². The lowest BCUT2D eigenvalue weighted by atomic mass is 10.1. The smallest absolute Gasteiger partial charge is 0.338 e. The van der Waals surface area contributed by atoms with Crippen LogP contribution >= 0.6 is 11.6 Å². The molecule has 0 spiro atoms. The van der Waals surface area contributed by atoms with Gasteiger partial charge in [0.2, 0.25) is 11.8 Å². The lowest BCUT2D eigenvalue weighted by Crippen LogP contribution is -2.30. The molecule has 1 aliphatic rings. The molecule has 3 aromatic rings. The molecule has 32 heavy (non-hydrogen) atoms. The van der Waals surface area contributed by atoms with Crippen molar-refractivity contribution in [1.82, 2.24) is 9.88 Å². The second kappa shape index (κ2) is 9.44. The lowest BCUT2D eigenvalue weighted by molar-refractivity contribution is -0.128. The first-order valence-electron chi connectivity index (χ1n) is 10.6. The summed E-state index contributed by atoms with van der Waals surface area (Å²) in [6, 6.07) is 12.2. The van der Waals surface area contributed by atoms with Crippen molar-refractivity contribution in [3.05, 3.63) is 64.8 Å². The molecule has 0 bridgehead atoms. The Morgan fingerprint density at radius 3 is 2.75 bits per heavy atom. The van der Waals surface area contributed by atoms with Crippen LogP contribution in [0.3, 0.4) is 0 Å². The molecule has 2 N–H and O–H groups in total. The fourth-order valence-corrected chi connectivity index (χ4v) is 4.10. The number of carbonyl (C=O) groups is 3. The van der Waals surface area contributed by atoms with E-state index >= 15 is 0 Å². The first kappa shape index (κ1) is 21.9. The zero-order valence-electron chi connectivity index (χ0n) is 17.7. The van der Waals surface area contributed by atoms with E-state index < -0.39 is 11.9 Å². The van der Waals surface area contributed by atoms with Crippen molar-refractivity contribution in [2.45, 2.75) is 19.8 Å². The van der Waals surface area contributed by atoms with Crippen LogP contribution in [0.4, 0.5) is 5.69 Å². The van der Waals surface area contributed by atoms with Crippen LogP contribution < -0.4 is 5.32 Å². The zero-order valence-corrected chi connectivity index (χ0v) is 18.4. The van der Waals surface area contributed by atoms with E-state index in [-0.39, 0.29) is 18.2 Å². The minimum atomic E-state index is -0.412. The largest absolute Gasteiger partial charge is 0.462 e. The van der Waals surface area contributed by atoms with E-state index in [1.165, 1.54) is 0 Å². The second-order valence-corrected chi connectivity index (χ2v) is 8.22. The van der Waals surface area contributed by atoms with Crippen molar-refractivity contribution < 1.29 is 19.1 Å². The topological polar surface area (TPSA) is 91.5 Å². The summed E-state index contributed by atoms with van der Waals surface area (Å²) < 4.78 is 4.96. The van der Waals surface area contributed by atoms with Gasteiger partial charge in [-0.2, -0.15) is 0 Å². The van der Waals surface area contributed by atoms with Crippen LogP contribution in [0, 0.1) is 5.92 Å². The fraction of sp³-hybridized carbons (Fsp3) is 0.292. The molecule has 0 unspecified atom stereocenters. The van der Waals surface area contributed by atoms with Crippen LogP contribution in [-0.4, -0.2) is 47.4 Å². The number of amides is 2. The monoisotopic (exact) mass is 453 g/mol. The number of benzene rings is 2. The molecule has 2 amide bonds. The number of hydrogen-bond donors (Lipinski definition) is 2. The summed E-state index contributed by atoms with van der Waals surface area (Å²) >= 11 is 6.11. The number of halogens is 1. The zero-order chi connectivity index (χ0) is 22.7. The van der Waals surface area contributed by atoms with Crippen LogP contribution in [0.15, 0.2) is 48.7 Å². The van der Waals surface area contributed by atoms with Gasteiger partial charge in [0, 0.05) is 47.3 Å². The molecule has 0 radical (unpaired) electrons. The summed E-state index contributed by atoms with van der Waals surface area (Å²) in [5.41, 5.74) is 3.09. The van der Waals surface area contributed by atoms with Gasteiger partial charge >= 0.3 is 5.97 Å². The summed E-state index contributed by atoms with van der Waals surface area (Å²) in [5, 5.41) is 4.55. The Bertz CT molecular complexity index is 1160. The number of rotatable bonds is 7. The van der Waals surface area contributed by atoms with Gasteiger partial charge in [0.05, 0.1) is 18.1 Å². The van der Waals surface area contributed by atoms with E-state index in [0.717, 1.165) is 16.5 Å². The molecule has 1 fully saturated rings. The lowest BCUT2D eigenvalue weighted by Gasteiger charge is -2.16. The molecule has 0 saturated carbocycles. The Balaban J connectivity index is 1.33. The molecule has 2 heterocycles. The van der Waals surface area contributed by atoms with Crippen molar-refractivity contribution in [3.8, 4) is 0 Å². The van der Waals surface area contributed by atoms with Gasteiger partial charge < -0.3 is 19.9 Å². The molecular weight excluding hydrogens is 430 g/mol. The number of fused-ring (bicyclic) bond motifs is 1. The van der Waals surface area contributed by atoms with Gasteiger partial charge in [0.15, 0.2) is 0 Å². The highest BCUT2D eigenvalue weighted by atomic mass is 35.5. The molecule has 1 aliphatic heterocycles. The third-order valence-corrected chi connectivity index (χ3v) is 5.86. The van der Waals surface area contributed by atoms with E-state index in [0.29, 0.717) is 42.4 Å². The maximum absolute atomic E-state index is 12.7. The number of ether oxygens (including phenoxy) is 1. The Morgan fingerprint density at radius 1 is 1.22 bits per heavy atom. The first-order valence-corrected chi connectivity index (χ1v) is 10.9. The number of anilines is 1. The highest BCUT2D eigenvalue weighted by Crippen LogP contribution is 2.25. The molecular formula is C24H24ClN3O4. The van der Waals surface area contributed by atoms with Crippen LogP contribution in [0.25, 0.3) is 10.9 Å². The molecule has 166 valence electrons. The minimum Gasteiger partial charge on any atom is -0.462 e. The minimum absolute atomic E-state index is 0.0271. The molecule has 1 saturated heterocycles. The van der Waals surface area contributed by atoms with E-state index in [2.05, 4.69) is 10.3 Å². The van der Waals surface area contributed by atoms with Crippen LogP contribution in [0.5, 0.6) is 0 Å². The maximum Gasteiger partial charge on any atom is 0.338 e. The number of esters is 1. The van der Waals surface area contributed by atoms with Gasteiger partial charge in [0.1, 0.15) is 0 Å². The van der Waals surface area contributed by atoms with Crippen molar-refractivity contribution in [2.24, 2.45) is 5.92 Å². The first-order chi connectivity index (χ1) is 15.4. The van der Waals surface area contributed by atoms with Crippen LogP contribution in [0.1, 0.15) is 29.3 Å². The van der Waals surface area contributed by atoms with Crippen LogP contribution in [-0.2, 0) is 20.7 Å². The van der Waals surface area contributed by atoms with Crippen LogP contribution in [0.2, 0.25) is 5.02 Å². The number of nitrogens with one attached hydrogen (secondary N) is 2. The van der Waals surface area contributed by atoms with E-state index in [4.69, 9.17) is 16.3 Å².